The number of hydrogen-bond donors (Lipinski definition) is 1. The third-order valence-corrected chi connectivity index (χ3v) is 7.36. The van der Waals surface area contributed by atoms with Crippen molar-refractivity contribution in [1.82, 2.24) is 14.6 Å². The van der Waals surface area contributed by atoms with Gasteiger partial charge < -0.3 is 5.32 Å². The molecule has 1 N–H and O–H groups in total. The van der Waals surface area contributed by atoms with E-state index >= 15 is 0 Å². The predicted octanol–water partition coefficient (Wildman–Crippen LogP) is 1.70. The van der Waals surface area contributed by atoms with Crippen LogP contribution in [0.25, 0.3) is 0 Å². The highest BCUT2D eigenvalue weighted by Crippen LogP contribution is 2.31. The molecule has 2 heterocycles. The number of carbonyl (C=O) groups is 1. The second-order valence-corrected chi connectivity index (χ2v) is 9.41. The maximum absolute atomic E-state index is 12.0. The normalized spacial score (nSPS) is 22.9. The van der Waals surface area contributed by atoms with E-state index in [-0.39, 0.29) is 23.5 Å². The summed E-state index contributed by atoms with van der Waals surface area (Å²) in [7, 11) is -3.13. The number of sulfonamides is 1. The molecule has 1 saturated heterocycles. The van der Waals surface area contributed by atoms with Gasteiger partial charge in [0.1, 0.15) is 0 Å². The Kier molecular flexibility index (Phi) is 5.03. The summed E-state index contributed by atoms with van der Waals surface area (Å²) in [6.45, 7) is 3.29. The van der Waals surface area contributed by atoms with Crippen LogP contribution in [0.15, 0.2) is 5.38 Å². The third kappa shape index (κ3) is 4.10. The van der Waals surface area contributed by atoms with Gasteiger partial charge >= 0.3 is 0 Å². The van der Waals surface area contributed by atoms with Gasteiger partial charge in [0.15, 0.2) is 0 Å². The minimum atomic E-state index is -3.13. The Morgan fingerprint density at radius 1 is 1.43 bits per heavy atom. The number of nitrogens with one attached hydrogen (secondary N) is 1. The van der Waals surface area contributed by atoms with Crippen molar-refractivity contribution < 1.29 is 13.2 Å². The minimum absolute atomic E-state index is 0.123. The van der Waals surface area contributed by atoms with Crippen LogP contribution in [0.4, 0.5) is 0 Å². The SMILES string of the molecule is CCS(=O)(=O)N1CCCC(c2nc(CNC(=O)C3CC3)cs2)C1. The number of aromatic nitrogens is 1. The number of piperidine rings is 1. The standard InChI is InChI=1S/C15H23N3O3S2/c1-2-23(20,21)18-7-3-4-12(9-18)15-17-13(10-22-15)8-16-14(19)11-5-6-11/h10-12H,2-9H2,1H3,(H,16,19). The fraction of sp³-hybridized carbons (Fsp3) is 0.733. The number of amides is 1. The van der Waals surface area contributed by atoms with Crippen LogP contribution in [0.2, 0.25) is 0 Å². The lowest BCUT2D eigenvalue weighted by molar-refractivity contribution is -0.122. The second-order valence-electron chi connectivity index (χ2n) is 6.27. The Morgan fingerprint density at radius 3 is 2.91 bits per heavy atom. The fourth-order valence-electron chi connectivity index (χ4n) is 2.84. The lowest BCUT2D eigenvalue weighted by atomic mass is 10.0. The quantitative estimate of drug-likeness (QED) is 0.840. The number of thiazole rings is 1. The molecule has 0 spiro atoms. The lowest BCUT2D eigenvalue weighted by Gasteiger charge is -2.30. The zero-order valence-electron chi connectivity index (χ0n) is 13.3. The van der Waals surface area contributed by atoms with Crippen LogP contribution in [0.5, 0.6) is 0 Å². The third-order valence-electron chi connectivity index (χ3n) is 4.45. The predicted molar refractivity (Wildman–Crippen MR) is 89.7 cm³/mol. The Labute approximate surface area is 141 Å². The zero-order chi connectivity index (χ0) is 16.4. The molecular weight excluding hydrogens is 334 g/mol. The molecule has 6 nitrogen and oxygen atoms in total. The lowest BCUT2D eigenvalue weighted by Crippen LogP contribution is -2.39. The van der Waals surface area contributed by atoms with E-state index in [1.807, 2.05) is 5.38 Å². The van der Waals surface area contributed by atoms with Gasteiger partial charge in [-0.2, -0.15) is 0 Å². The van der Waals surface area contributed by atoms with Crippen molar-refractivity contribution in [3.05, 3.63) is 16.1 Å². The van der Waals surface area contributed by atoms with Gasteiger partial charge in [0.05, 0.1) is 23.0 Å². The summed E-state index contributed by atoms with van der Waals surface area (Å²) in [5, 5.41) is 5.87. The Hall–Kier alpha value is -0.990. The Balaban J connectivity index is 1.59. The molecule has 1 aliphatic carbocycles. The highest BCUT2D eigenvalue weighted by molar-refractivity contribution is 7.89. The van der Waals surface area contributed by atoms with E-state index in [0.29, 0.717) is 19.6 Å². The molecule has 1 aromatic heterocycles. The summed E-state index contributed by atoms with van der Waals surface area (Å²) in [4.78, 5) is 16.3. The van der Waals surface area contributed by atoms with Gasteiger partial charge in [-0.15, -0.1) is 11.3 Å². The van der Waals surface area contributed by atoms with Crippen molar-refractivity contribution >= 4 is 27.3 Å². The maximum atomic E-state index is 12.0. The second kappa shape index (κ2) is 6.86. The van der Waals surface area contributed by atoms with Gasteiger partial charge in [-0.1, -0.05) is 0 Å². The number of rotatable bonds is 6. The van der Waals surface area contributed by atoms with Gasteiger partial charge in [0, 0.05) is 30.3 Å². The fourth-order valence-corrected chi connectivity index (χ4v) is 4.97. The molecule has 2 aliphatic rings. The van der Waals surface area contributed by atoms with Gasteiger partial charge in [-0.3, -0.25) is 4.79 Å². The van der Waals surface area contributed by atoms with Crippen LogP contribution < -0.4 is 5.32 Å². The van der Waals surface area contributed by atoms with Crippen LogP contribution in [0, 0.1) is 5.92 Å². The van der Waals surface area contributed by atoms with Crippen LogP contribution >= 0.6 is 11.3 Å². The summed E-state index contributed by atoms with van der Waals surface area (Å²) in [5.74, 6) is 0.649. The first-order valence-corrected chi connectivity index (χ1v) is 10.7. The topological polar surface area (TPSA) is 79.4 Å². The van der Waals surface area contributed by atoms with E-state index in [4.69, 9.17) is 0 Å². The highest BCUT2D eigenvalue weighted by Gasteiger charge is 2.31. The zero-order valence-corrected chi connectivity index (χ0v) is 15.0. The number of hydrogen-bond acceptors (Lipinski definition) is 5. The van der Waals surface area contributed by atoms with E-state index in [0.717, 1.165) is 36.4 Å². The highest BCUT2D eigenvalue weighted by atomic mass is 32.2. The van der Waals surface area contributed by atoms with Gasteiger partial charge in [0.2, 0.25) is 15.9 Å². The van der Waals surface area contributed by atoms with Gasteiger partial charge in [-0.25, -0.2) is 17.7 Å². The molecule has 3 rings (SSSR count). The first-order chi connectivity index (χ1) is 11.0. The van der Waals surface area contributed by atoms with Crippen LogP contribution in [-0.2, 0) is 21.4 Å². The molecule has 8 heteroatoms. The van der Waals surface area contributed by atoms with Gasteiger partial charge in [0.25, 0.3) is 0 Å². The van der Waals surface area contributed by atoms with Crippen molar-refractivity contribution in [3.63, 3.8) is 0 Å². The van der Waals surface area contributed by atoms with Crippen LogP contribution in [0.1, 0.15) is 49.2 Å². The number of carbonyl (C=O) groups excluding carboxylic acids is 1. The van der Waals surface area contributed by atoms with E-state index in [1.54, 1.807) is 22.6 Å². The van der Waals surface area contributed by atoms with Crippen molar-refractivity contribution in [1.29, 1.82) is 0 Å². The molecule has 2 fully saturated rings. The molecule has 1 atom stereocenters. The van der Waals surface area contributed by atoms with Gasteiger partial charge in [-0.05, 0) is 32.6 Å². The molecule has 1 aliphatic heterocycles. The average molecular weight is 358 g/mol. The molecule has 0 aromatic carbocycles. The molecule has 0 bridgehead atoms. The molecule has 23 heavy (non-hydrogen) atoms. The summed E-state index contributed by atoms with van der Waals surface area (Å²) in [5.41, 5.74) is 0.870. The molecular formula is C15H23N3O3S2. The summed E-state index contributed by atoms with van der Waals surface area (Å²) in [6.07, 6.45) is 3.84. The maximum Gasteiger partial charge on any atom is 0.223 e. The van der Waals surface area contributed by atoms with Crippen molar-refractivity contribution in [2.75, 3.05) is 18.8 Å². The van der Waals surface area contributed by atoms with E-state index in [9.17, 15) is 13.2 Å². The van der Waals surface area contributed by atoms with Crippen molar-refractivity contribution in [3.8, 4) is 0 Å². The van der Waals surface area contributed by atoms with Crippen LogP contribution in [-0.4, -0.2) is 42.5 Å². The first-order valence-electron chi connectivity index (χ1n) is 8.19. The molecule has 1 aromatic rings. The van der Waals surface area contributed by atoms with Crippen LogP contribution in [0.3, 0.4) is 0 Å². The summed E-state index contributed by atoms with van der Waals surface area (Å²) >= 11 is 1.57. The molecule has 0 radical (unpaired) electrons. The first kappa shape index (κ1) is 16.9. The summed E-state index contributed by atoms with van der Waals surface area (Å²) in [6, 6.07) is 0. The monoisotopic (exact) mass is 357 g/mol. The molecule has 1 amide bonds. The molecule has 1 saturated carbocycles. The molecule has 128 valence electrons. The Bertz CT molecular complexity index is 667. The largest absolute Gasteiger partial charge is 0.350 e. The van der Waals surface area contributed by atoms with Crippen molar-refractivity contribution in [2.24, 2.45) is 5.92 Å². The minimum Gasteiger partial charge on any atom is -0.350 e. The van der Waals surface area contributed by atoms with E-state index in [1.165, 1.54) is 0 Å². The Morgan fingerprint density at radius 2 is 2.22 bits per heavy atom. The molecule has 1 unspecified atom stereocenters. The van der Waals surface area contributed by atoms with E-state index in [2.05, 4.69) is 10.3 Å². The average Bonchev–Trinajstić information content (AvgIpc) is 3.31. The van der Waals surface area contributed by atoms with Crippen molar-refractivity contribution in [2.45, 2.75) is 45.1 Å². The smallest absolute Gasteiger partial charge is 0.223 e. The van der Waals surface area contributed by atoms with E-state index < -0.39 is 10.0 Å². The summed E-state index contributed by atoms with van der Waals surface area (Å²) < 4.78 is 25.7. The number of nitrogens with zero attached hydrogens (tertiary/aromatic N) is 2.